The second kappa shape index (κ2) is 8.80. The number of aromatic nitrogens is 1. The van der Waals surface area contributed by atoms with Crippen molar-refractivity contribution in [3.05, 3.63) is 52.6 Å². The Balaban J connectivity index is 1.74. The summed E-state index contributed by atoms with van der Waals surface area (Å²) in [6, 6.07) is 6.88. The fourth-order valence-electron chi connectivity index (χ4n) is 4.98. The Morgan fingerprint density at radius 2 is 1.67 bits per heavy atom. The molecule has 0 aliphatic carbocycles. The van der Waals surface area contributed by atoms with E-state index in [0.717, 1.165) is 81.3 Å². The van der Waals surface area contributed by atoms with Crippen LogP contribution < -0.4 is 4.90 Å². The van der Waals surface area contributed by atoms with Gasteiger partial charge >= 0.3 is 0 Å². The van der Waals surface area contributed by atoms with E-state index in [2.05, 4.69) is 35.1 Å². The average molecular weight is 413 g/mol. The van der Waals surface area contributed by atoms with Gasteiger partial charge in [-0.3, -0.25) is 4.79 Å². The number of hydrogen-bond acceptors (Lipinski definition) is 3. The van der Waals surface area contributed by atoms with Crippen molar-refractivity contribution in [2.24, 2.45) is 0 Å². The molecule has 5 nitrogen and oxygen atoms in total. The number of rotatable bonds is 5. The van der Waals surface area contributed by atoms with Crippen LogP contribution in [0.2, 0.25) is 0 Å². The molecule has 0 bridgehead atoms. The average Bonchev–Trinajstić information content (AvgIpc) is 3.37. The normalized spacial score (nSPS) is 17.7. The summed E-state index contributed by atoms with van der Waals surface area (Å²) in [5, 5.41) is 0. The Kier molecular flexibility index (Phi) is 6.14. The van der Waals surface area contributed by atoms with E-state index in [9.17, 15) is 9.18 Å². The van der Waals surface area contributed by atoms with Crippen LogP contribution in [0.5, 0.6) is 0 Å². The van der Waals surface area contributed by atoms with Gasteiger partial charge in [0.05, 0.1) is 12.2 Å². The third-order valence-electron chi connectivity index (χ3n) is 6.75. The highest BCUT2D eigenvalue weighted by Crippen LogP contribution is 2.34. The molecule has 2 aromatic rings. The monoisotopic (exact) mass is 412 g/mol. The lowest BCUT2D eigenvalue weighted by molar-refractivity contribution is 0.0781. The van der Waals surface area contributed by atoms with Crippen LogP contribution in [-0.4, -0.2) is 66.1 Å². The molecule has 0 N–H and O–H groups in total. The van der Waals surface area contributed by atoms with Crippen LogP contribution in [0.25, 0.3) is 0 Å². The fourth-order valence-corrected chi connectivity index (χ4v) is 4.98. The zero-order valence-corrected chi connectivity index (χ0v) is 18.5. The highest BCUT2D eigenvalue weighted by Gasteiger charge is 2.31. The molecular weight excluding hydrogens is 379 g/mol. The summed E-state index contributed by atoms with van der Waals surface area (Å²) < 4.78 is 16.5. The van der Waals surface area contributed by atoms with Gasteiger partial charge in [0.2, 0.25) is 0 Å². The number of benzene rings is 1. The molecule has 0 saturated carbocycles. The van der Waals surface area contributed by atoms with Gasteiger partial charge in [-0.15, -0.1) is 0 Å². The van der Waals surface area contributed by atoms with Crippen molar-refractivity contribution in [2.75, 3.05) is 50.7 Å². The highest BCUT2D eigenvalue weighted by molar-refractivity contribution is 5.97. The minimum atomic E-state index is -0.221. The summed E-state index contributed by atoms with van der Waals surface area (Å²) in [6.45, 7) is 13.4. The summed E-state index contributed by atoms with van der Waals surface area (Å²) in [6.07, 6.45) is 2.12. The number of likely N-dealkylation sites (N-methyl/N-ethyl adjacent to an activating group) is 1. The molecule has 6 heteroatoms. The third kappa shape index (κ3) is 3.85. The number of halogens is 1. The summed E-state index contributed by atoms with van der Waals surface area (Å²) in [5.41, 5.74) is 4.59. The first kappa shape index (κ1) is 20.9. The van der Waals surface area contributed by atoms with Crippen LogP contribution in [0.4, 0.5) is 10.1 Å². The second-order valence-electron chi connectivity index (χ2n) is 8.51. The summed E-state index contributed by atoms with van der Waals surface area (Å²) in [5.74, 6) is -0.135. The van der Waals surface area contributed by atoms with Crippen molar-refractivity contribution in [1.82, 2.24) is 14.4 Å². The SMILES string of the molecule is CCN1CCN(c2c(C)c(C(=O)N3CCCC3)n(Cc3ccccc3F)c2C)CC1. The topological polar surface area (TPSA) is 31.7 Å². The molecule has 2 fully saturated rings. The Hall–Kier alpha value is -2.34. The zero-order valence-electron chi connectivity index (χ0n) is 18.5. The van der Waals surface area contributed by atoms with Crippen LogP contribution in [0.15, 0.2) is 24.3 Å². The van der Waals surface area contributed by atoms with Crippen molar-refractivity contribution < 1.29 is 9.18 Å². The minimum Gasteiger partial charge on any atom is -0.367 e. The number of carbonyl (C=O) groups excluding carboxylic acids is 1. The zero-order chi connectivity index (χ0) is 21.3. The Morgan fingerprint density at radius 3 is 2.30 bits per heavy atom. The first-order valence-corrected chi connectivity index (χ1v) is 11.2. The summed E-state index contributed by atoms with van der Waals surface area (Å²) in [4.78, 5) is 20.3. The second-order valence-corrected chi connectivity index (χ2v) is 8.51. The fraction of sp³-hybridized carbons (Fsp3) is 0.542. The first-order valence-electron chi connectivity index (χ1n) is 11.2. The molecule has 1 aromatic carbocycles. The van der Waals surface area contributed by atoms with Crippen LogP contribution in [0, 0.1) is 19.7 Å². The molecule has 2 saturated heterocycles. The number of anilines is 1. The van der Waals surface area contributed by atoms with E-state index in [-0.39, 0.29) is 11.7 Å². The minimum absolute atomic E-state index is 0.0860. The van der Waals surface area contributed by atoms with Gasteiger partial charge in [-0.2, -0.15) is 0 Å². The Labute approximate surface area is 179 Å². The molecule has 30 heavy (non-hydrogen) atoms. The van der Waals surface area contributed by atoms with Crippen LogP contribution in [0.3, 0.4) is 0 Å². The van der Waals surface area contributed by atoms with Gasteiger partial charge < -0.3 is 19.3 Å². The molecule has 0 radical (unpaired) electrons. The molecule has 1 aromatic heterocycles. The van der Waals surface area contributed by atoms with Crippen molar-refractivity contribution in [2.45, 2.75) is 40.2 Å². The van der Waals surface area contributed by atoms with E-state index in [1.54, 1.807) is 6.07 Å². The van der Waals surface area contributed by atoms with Crippen molar-refractivity contribution in [1.29, 1.82) is 0 Å². The van der Waals surface area contributed by atoms with E-state index in [4.69, 9.17) is 0 Å². The number of hydrogen-bond donors (Lipinski definition) is 0. The van der Waals surface area contributed by atoms with Crippen molar-refractivity contribution in [3.63, 3.8) is 0 Å². The maximum absolute atomic E-state index is 14.5. The molecule has 2 aliphatic rings. The predicted molar refractivity (Wildman–Crippen MR) is 119 cm³/mol. The van der Waals surface area contributed by atoms with Gasteiger partial charge in [-0.25, -0.2) is 4.39 Å². The van der Waals surface area contributed by atoms with Crippen LogP contribution in [0.1, 0.15) is 47.1 Å². The quantitative estimate of drug-likeness (QED) is 0.751. The predicted octanol–water partition coefficient (Wildman–Crippen LogP) is 3.67. The number of amides is 1. The van der Waals surface area contributed by atoms with Crippen molar-refractivity contribution >= 4 is 11.6 Å². The molecule has 0 spiro atoms. The van der Waals surface area contributed by atoms with Crippen molar-refractivity contribution in [3.8, 4) is 0 Å². The molecule has 3 heterocycles. The number of piperazine rings is 1. The molecule has 2 aliphatic heterocycles. The van der Waals surface area contributed by atoms with Crippen LogP contribution >= 0.6 is 0 Å². The maximum atomic E-state index is 14.5. The lowest BCUT2D eigenvalue weighted by atomic mass is 10.1. The molecule has 4 rings (SSSR count). The van der Waals surface area contributed by atoms with E-state index in [0.29, 0.717) is 12.1 Å². The molecule has 1 amide bonds. The molecule has 0 unspecified atom stereocenters. The first-order chi connectivity index (χ1) is 14.5. The number of nitrogens with zero attached hydrogens (tertiary/aromatic N) is 4. The number of likely N-dealkylation sites (tertiary alicyclic amines) is 1. The lowest BCUT2D eigenvalue weighted by Gasteiger charge is -2.36. The van der Waals surface area contributed by atoms with Gasteiger partial charge in [0.25, 0.3) is 5.91 Å². The van der Waals surface area contributed by atoms with Gasteiger partial charge in [0.1, 0.15) is 11.5 Å². The van der Waals surface area contributed by atoms with Crippen LogP contribution in [-0.2, 0) is 6.54 Å². The van der Waals surface area contributed by atoms with E-state index >= 15 is 0 Å². The summed E-state index contributed by atoms with van der Waals surface area (Å²) in [7, 11) is 0. The number of carbonyl (C=O) groups is 1. The Morgan fingerprint density at radius 1 is 1.00 bits per heavy atom. The molecular formula is C24H33FN4O. The largest absolute Gasteiger partial charge is 0.367 e. The highest BCUT2D eigenvalue weighted by atomic mass is 19.1. The Bertz CT molecular complexity index is 908. The third-order valence-corrected chi connectivity index (χ3v) is 6.75. The summed E-state index contributed by atoms with van der Waals surface area (Å²) >= 11 is 0. The molecule has 162 valence electrons. The van der Waals surface area contributed by atoms with E-state index in [1.165, 1.54) is 6.07 Å². The van der Waals surface area contributed by atoms with Gasteiger partial charge in [-0.05, 0) is 39.3 Å². The molecule has 0 atom stereocenters. The van der Waals surface area contributed by atoms with E-state index < -0.39 is 0 Å². The van der Waals surface area contributed by atoms with Gasteiger partial charge in [-0.1, -0.05) is 25.1 Å². The van der Waals surface area contributed by atoms with Gasteiger partial charge in [0, 0.05) is 56.1 Å². The van der Waals surface area contributed by atoms with Gasteiger partial charge in [0.15, 0.2) is 0 Å². The maximum Gasteiger partial charge on any atom is 0.270 e. The van der Waals surface area contributed by atoms with E-state index in [1.807, 2.05) is 17.0 Å². The lowest BCUT2D eigenvalue weighted by Crippen LogP contribution is -2.46. The standard InChI is InChI=1S/C24H33FN4O/c1-4-26-13-15-27(16-14-26)22-18(2)23(24(30)28-11-7-8-12-28)29(19(22)3)17-20-9-5-6-10-21(20)25/h5-6,9-10H,4,7-8,11-17H2,1-3H3. The smallest absolute Gasteiger partial charge is 0.270 e.